The lowest BCUT2D eigenvalue weighted by Gasteiger charge is -2.36. The predicted molar refractivity (Wildman–Crippen MR) is 109 cm³/mol. The van der Waals surface area contributed by atoms with Gasteiger partial charge in [0, 0.05) is 36.9 Å². The highest BCUT2D eigenvalue weighted by atomic mass is 19.1. The van der Waals surface area contributed by atoms with Crippen LogP contribution in [0.2, 0.25) is 0 Å². The topological polar surface area (TPSA) is 88.0 Å². The van der Waals surface area contributed by atoms with Crippen molar-refractivity contribution < 1.29 is 4.39 Å². The first kappa shape index (κ1) is 17.2. The first-order valence-corrected chi connectivity index (χ1v) is 10.0. The smallest absolute Gasteiger partial charge is 0.228 e. The molecule has 0 spiro atoms. The first-order chi connectivity index (χ1) is 14.7. The van der Waals surface area contributed by atoms with Crippen LogP contribution in [0, 0.1) is 17.1 Å². The Morgan fingerprint density at radius 3 is 2.77 bits per heavy atom. The third-order valence-electron chi connectivity index (χ3n) is 6.33. The van der Waals surface area contributed by atoms with Crippen molar-refractivity contribution in [3.63, 3.8) is 0 Å². The monoisotopic (exact) mass is 402 g/mol. The molecule has 2 fully saturated rings. The number of nitrogens with one attached hydrogen (secondary N) is 1. The minimum absolute atomic E-state index is 0.218. The maximum Gasteiger partial charge on any atom is 0.228 e. The van der Waals surface area contributed by atoms with E-state index in [1.165, 1.54) is 6.07 Å². The number of hydrogen-bond donors (Lipinski definition) is 1. The van der Waals surface area contributed by atoms with Gasteiger partial charge in [0.15, 0.2) is 5.82 Å². The first-order valence-electron chi connectivity index (χ1n) is 10.0. The second-order valence-corrected chi connectivity index (χ2v) is 8.08. The normalized spacial score (nSPS) is 21.9. The lowest BCUT2D eigenvalue weighted by molar-refractivity contribution is 0.617. The Labute approximate surface area is 172 Å². The van der Waals surface area contributed by atoms with Gasteiger partial charge < -0.3 is 14.7 Å². The molecule has 0 radical (unpaired) electrons. The van der Waals surface area contributed by atoms with Crippen molar-refractivity contribution in [2.24, 2.45) is 0 Å². The second kappa shape index (κ2) is 6.42. The van der Waals surface area contributed by atoms with Crippen LogP contribution < -0.4 is 14.7 Å². The Kier molecular flexibility index (Phi) is 3.68. The molecule has 0 saturated carbocycles. The molecule has 150 valence electrons. The van der Waals surface area contributed by atoms with Crippen LogP contribution >= 0.6 is 0 Å². The highest BCUT2D eigenvalue weighted by Gasteiger charge is 2.44. The van der Waals surface area contributed by atoms with Gasteiger partial charge in [-0.3, -0.25) is 5.10 Å². The number of hydrogen-bond acceptors (Lipinski definition) is 7. The molecule has 8 nitrogen and oxygen atoms in total. The number of fused-ring (bicyclic) bond motifs is 3. The lowest BCUT2D eigenvalue weighted by atomic mass is 10.2. The number of halogens is 1. The molecular formula is C21H19FN8. The Balaban J connectivity index is 1.27. The molecule has 0 amide bonds. The van der Waals surface area contributed by atoms with Crippen LogP contribution in [-0.2, 0) is 13.1 Å². The molecule has 3 aliphatic heterocycles. The highest BCUT2D eigenvalue weighted by Crippen LogP contribution is 2.38. The summed E-state index contributed by atoms with van der Waals surface area (Å²) >= 11 is 0. The van der Waals surface area contributed by atoms with E-state index in [1.807, 2.05) is 12.3 Å². The average molecular weight is 402 g/mol. The lowest BCUT2D eigenvalue weighted by Crippen LogP contribution is -2.47. The van der Waals surface area contributed by atoms with Crippen molar-refractivity contribution in [2.45, 2.75) is 31.6 Å². The molecule has 0 unspecified atom stereocenters. The molecule has 2 saturated heterocycles. The number of rotatable bonds is 3. The number of aromatic nitrogens is 4. The summed E-state index contributed by atoms with van der Waals surface area (Å²) in [6, 6.07) is 9.52. The summed E-state index contributed by atoms with van der Waals surface area (Å²) < 4.78 is 13.7. The van der Waals surface area contributed by atoms with E-state index in [2.05, 4.69) is 36.0 Å². The van der Waals surface area contributed by atoms with Crippen molar-refractivity contribution in [1.82, 2.24) is 20.2 Å². The molecule has 0 aliphatic carbocycles. The zero-order valence-electron chi connectivity index (χ0n) is 16.2. The minimum Gasteiger partial charge on any atom is -0.365 e. The van der Waals surface area contributed by atoms with Crippen LogP contribution in [0.25, 0.3) is 0 Å². The van der Waals surface area contributed by atoms with Gasteiger partial charge in [-0.2, -0.15) is 15.3 Å². The molecule has 3 aromatic rings. The predicted octanol–water partition coefficient (Wildman–Crippen LogP) is 2.20. The van der Waals surface area contributed by atoms with E-state index in [0.29, 0.717) is 30.4 Å². The van der Waals surface area contributed by atoms with Gasteiger partial charge >= 0.3 is 0 Å². The molecule has 6 rings (SSSR count). The fraction of sp³-hybridized carbons (Fsp3) is 0.333. The summed E-state index contributed by atoms with van der Waals surface area (Å²) in [4.78, 5) is 15.8. The van der Waals surface area contributed by atoms with Crippen molar-refractivity contribution >= 4 is 17.5 Å². The van der Waals surface area contributed by atoms with Gasteiger partial charge in [-0.05, 0) is 24.6 Å². The van der Waals surface area contributed by atoms with Gasteiger partial charge in [0.25, 0.3) is 0 Å². The molecule has 3 aliphatic rings. The van der Waals surface area contributed by atoms with E-state index in [0.717, 1.165) is 36.5 Å². The van der Waals surface area contributed by atoms with Crippen LogP contribution in [-0.4, -0.2) is 45.3 Å². The molecule has 5 heterocycles. The maximum absolute atomic E-state index is 13.7. The number of aromatic amines is 1. The van der Waals surface area contributed by atoms with Crippen molar-refractivity contribution in [3.05, 3.63) is 59.3 Å². The van der Waals surface area contributed by atoms with Crippen LogP contribution in [0.4, 0.5) is 21.8 Å². The quantitative estimate of drug-likeness (QED) is 0.719. The van der Waals surface area contributed by atoms with E-state index >= 15 is 0 Å². The van der Waals surface area contributed by atoms with E-state index in [4.69, 9.17) is 4.98 Å². The molecule has 2 atom stereocenters. The van der Waals surface area contributed by atoms with Crippen molar-refractivity contribution in [3.8, 4) is 6.07 Å². The summed E-state index contributed by atoms with van der Waals surface area (Å²) in [6.45, 7) is 2.93. The Hall–Kier alpha value is -3.67. The van der Waals surface area contributed by atoms with Crippen LogP contribution in [0.15, 0.2) is 36.7 Å². The van der Waals surface area contributed by atoms with Gasteiger partial charge in [-0.25, -0.2) is 9.37 Å². The fourth-order valence-electron chi connectivity index (χ4n) is 4.92. The summed E-state index contributed by atoms with van der Waals surface area (Å²) in [7, 11) is 0. The average Bonchev–Trinajstić information content (AvgIpc) is 3.53. The van der Waals surface area contributed by atoms with E-state index < -0.39 is 0 Å². The summed E-state index contributed by atoms with van der Waals surface area (Å²) in [6.07, 6.45) is 4.43. The third kappa shape index (κ3) is 2.60. The highest BCUT2D eigenvalue weighted by molar-refractivity contribution is 5.61. The van der Waals surface area contributed by atoms with Gasteiger partial charge in [0.1, 0.15) is 17.4 Å². The van der Waals surface area contributed by atoms with Gasteiger partial charge in [-0.1, -0.05) is 6.07 Å². The van der Waals surface area contributed by atoms with Crippen LogP contribution in [0.5, 0.6) is 0 Å². The number of anilines is 3. The third-order valence-corrected chi connectivity index (χ3v) is 6.33. The standard InChI is InChI=1S/C21H19FN8/c22-15-2-1-3-16(4-15)29-10-18-5-17(29)11-30(18)20-13(6-23)7-24-21(26-20)28-9-14-8-25-27-19(14)12-28/h1-4,7-8,17-18H,5,9-12H2,(H,25,27)/t17-,18+/m1/s1. The number of nitriles is 1. The van der Waals surface area contributed by atoms with E-state index in [9.17, 15) is 9.65 Å². The molecular weight excluding hydrogens is 383 g/mol. The van der Waals surface area contributed by atoms with E-state index in [1.54, 1.807) is 18.3 Å². The van der Waals surface area contributed by atoms with Crippen LogP contribution in [0.3, 0.4) is 0 Å². The van der Waals surface area contributed by atoms with Crippen molar-refractivity contribution in [1.29, 1.82) is 5.26 Å². The Bertz CT molecular complexity index is 1150. The number of nitrogens with zero attached hydrogens (tertiary/aromatic N) is 7. The Morgan fingerprint density at radius 1 is 1.13 bits per heavy atom. The van der Waals surface area contributed by atoms with Crippen LogP contribution in [0.1, 0.15) is 23.2 Å². The fourth-order valence-corrected chi connectivity index (χ4v) is 4.92. The molecule has 1 N–H and O–H groups in total. The molecule has 1 aromatic carbocycles. The minimum atomic E-state index is -0.218. The molecule has 9 heteroatoms. The van der Waals surface area contributed by atoms with Crippen molar-refractivity contribution in [2.75, 3.05) is 27.8 Å². The largest absolute Gasteiger partial charge is 0.365 e. The van der Waals surface area contributed by atoms with Gasteiger partial charge in [-0.15, -0.1) is 0 Å². The van der Waals surface area contributed by atoms with E-state index in [-0.39, 0.29) is 17.9 Å². The molecule has 30 heavy (non-hydrogen) atoms. The maximum atomic E-state index is 13.7. The number of piperazine rings is 1. The number of H-pyrrole nitrogens is 1. The zero-order chi connectivity index (χ0) is 20.2. The summed E-state index contributed by atoms with van der Waals surface area (Å²) in [5.41, 5.74) is 3.63. The summed E-state index contributed by atoms with van der Waals surface area (Å²) in [5, 5.41) is 16.7. The summed E-state index contributed by atoms with van der Waals surface area (Å²) in [5.74, 6) is 1.10. The zero-order valence-corrected chi connectivity index (χ0v) is 16.2. The van der Waals surface area contributed by atoms with Gasteiger partial charge in [0.2, 0.25) is 5.95 Å². The number of benzene rings is 1. The molecule has 2 aromatic heterocycles. The Morgan fingerprint density at radius 2 is 2.00 bits per heavy atom. The van der Waals surface area contributed by atoms with Gasteiger partial charge in [0.05, 0.1) is 30.7 Å². The molecule has 2 bridgehead atoms. The second-order valence-electron chi connectivity index (χ2n) is 8.08. The SMILES string of the molecule is N#Cc1cnc(N2Cc3cn[nH]c3C2)nc1N1C[C@H]2C[C@H]1CN2c1cccc(F)c1.